The minimum absolute atomic E-state index is 0.0718. The van der Waals surface area contributed by atoms with Gasteiger partial charge in [-0.2, -0.15) is 0 Å². The molecule has 35 heavy (non-hydrogen) atoms. The van der Waals surface area contributed by atoms with Crippen LogP contribution in [0.1, 0.15) is 39.1 Å². The van der Waals surface area contributed by atoms with Crippen molar-refractivity contribution in [1.29, 1.82) is 0 Å². The summed E-state index contributed by atoms with van der Waals surface area (Å²) in [7, 11) is -2.43. The van der Waals surface area contributed by atoms with Gasteiger partial charge in [0.15, 0.2) is 0 Å². The van der Waals surface area contributed by atoms with Crippen LogP contribution < -0.4 is 19.7 Å². The first-order chi connectivity index (χ1) is 16.9. The van der Waals surface area contributed by atoms with Crippen LogP contribution in [0.4, 0.5) is 11.4 Å². The molecule has 0 bridgehead atoms. The van der Waals surface area contributed by atoms with Crippen LogP contribution in [0.3, 0.4) is 0 Å². The van der Waals surface area contributed by atoms with Gasteiger partial charge in [-0.1, -0.05) is 18.2 Å². The molecule has 0 radical (unpaired) electrons. The van der Waals surface area contributed by atoms with E-state index in [0.29, 0.717) is 17.8 Å². The van der Waals surface area contributed by atoms with Gasteiger partial charge in [-0.15, -0.1) is 0 Å². The number of ether oxygens (including phenoxy) is 1. The minimum atomic E-state index is -3.81. The fraction of sp³-hybridized carbons (Fsp3) is 0.231. The highest BCUT2D eigenvalue weighted by atomic mass is 32.2. The van der Waals surface area contributed by atoms with Gasteiger partial charge < -0.3 is 15.0 Å². The lowest BCUT2D eigenvalue weighted by Gasteiger charge is -2.17. The quantitative estimate of drug-likeness (QED) is 0.526. The van der Waals surface area contributed by atoms with E-state index in [2.05, 4.69) is 10.0 Å². The zero-order chi connectivity index (χ0) is 24.6. The first-order valence-electron chi connectivity index (χ1n) is 11.4. The molecule has 2 amide bonds. The third kappa shape index (κ3) is 4.78. The van der Waals surface area contributed by atoms with Crippen LogP contribution in [-0.2, 0) is 16.4 Å². The van der Waals surface area contributed by atoms with Crippen LogP contribution in [-0.4, -0.2) is 39.9 Å². The maximum absolute atomic E-state index is 13.0. The van der Waals surface area contributed by atoms with E-state index in [0.717, 1.165) is 30.5 Å². The number of fused-ring (bicyclic) bond motifs is 1. The number of carbonyl (C=O) groups excluding carboxylic acids is 2. The smallest absolute Gasteiger partial charge is 0.258 e. The maximum atomic E-state index is 13.0. The number of hydrogen-bond acceptors (Lipinski definition) is 5. The summed E-state index contributed by atoms with van der Waals surface area (Å²) in [6.45, 7) is 0.634. The van der Waals surface area contributed by atoms with Crippen molar-refractivity contribution in [3.05, 3.63) is 83.4 Å². The van der Waals surface area contributed by atoms with Crippen LogP contribution in [0.15, 0.2) is 71.6 Å². The van der Waals surface area contributed by atoms with Crippen molar-refractivity contribution in [1.82, 2.24) is 4.72 Å². The third-order valence-corrected chi connectivity index (χ3v) is 7.68. The second kappa shape index (κ2) is 9.16. The van der Waals surface area contributed by atoms with Crippen molar-refractivity contribution in [2.75, 3.05) is 23.9 Å². The second-order valence-electron chi connectivity index (χ2n) is 8.63. The van der Waals surface area contributed by atoms with Crippen LogP contribution in [0, 0.1) is 0 Å². The summed E-state index contributed by atoms with van der Waals surface area (Å²) in [5, 5.41) is 2.76. The van der Waals surface area contributed by atoms with E-state index in [-0.39, 0.29) is 28.2 Å². The maximum Gasteiger partial charge on any atom is 0.258 e. The van der Waals surface area contributed by atoms with Gasteiger partial charge in [0.2, 0.25) is 10.0 Å². The molecular formula is C26H25N3O5S. The molecule has 1 saturated carbocycles. The minimum Gasteiger partial charge on any atom is -0.495 e. The van der Waals surface area contributed by atoms with E-state index in [1.807, 2.05) is 24.3 Å². The molecule has 2 aliphatic rings. The number of hydrogen-bond donors (Lipinski definition) is 2. The van der Waals surface area contributed by atoms with Gasteiger partial charge in [-0.05, 0) is 73.4 Å². The first-order valence-corrected chi connectivity index (χ1v) is 12.9. The number of nitrogens with zero attached hydrogens (tertiary/aromatic N) is 1. The second-order valence-corrected chi connectivity index (χ2v) is 10.3. The van der Waals surface area contributed by atoms with Crippen molar-refractivity contribution in [3.8, 4) is 5.75 Å². The van der Waals surface area contributed by atoms with Gasteiger partial charge >= 0.3 is 0 Å². The van der Waals surface area contributed by atoms with Crippen LogP contribution in [0.5, 0.6) is 5.75 Å². The molecule has 180 valence electrons. The normalized spacial score (nSPS) is 14.9. The SMILES string of the molecule is COc1ccc(C(=O)Nc2ccc(C(=O)N3CCc4ccccc43)cc2)cc1S(=O)(=O)NC1CC1. The molecule has 8 nitrogen and oxygen atoms in total. The molecule has 0 spiro atoms. The fourth-order valence-electron chi connectivity index (χ4n) is 4.12. The molecule has 1 fully saturated rings. The van der Waals surface area contributed by atoms with E-state index < -0.39 is 15.9 Å². The molecule has 0 atom stereocenters. The van der Waals surface area contributed by atoms with Crippen molar-refractivity contribution < 1.29 is 22.7 Å². The van der Waals surface area contributed by atoms with Crippen molar-refractivity contribution >= 4 is 33.2 Å². The number of sulfonamides is 1. The Morgan fingerprint density at radius 2 is 1.69 bits per heavy atom. The Morgan fingerprint density at radius 3 is 2.40 bits per heavy atom. The number of rotatable bonds is 7. The number of nitrogens with one attached hydrogen (secondary N) is 2. The summed E-state index contributed by atoms with van der Waals surface area (Å²) in [5.41, 5.74) is 3.26. The number of anilines is 2. The highest BCUT2D eigenvalue weighted by Crippen LogP contribution is 2.30. The molecule has 0 saturated heterocycles. The van der Waals surface area contributed by atoms with Crippen LogP contribution in [0.25, 0.3) is 0 Å². The van der Waals surface area contributed by atoms with Gasteiger partial charge in [0.1, 0.15) is 10.6 Å². The Morgan fingerprint density at radius 1 is 0.971 bits per heavy atom. The molecule has 5 rings (SSSR count). The number of methoxy groups -OCH3 is 1. The summed E-state index contributed by atoms with van der Waals surface area (Å²) in [6.07, 6.45) is 2.42. The molecule has 1 aliphatic heterocycles. The highest BCUT2D eigenvalue weighted by Gasteiger charge is 2.30. The van der Waals surface area contributed by atoms with E-state index >= 15 is 0 Å². The summed E-state index contributed by atoms with van der Waals surface area (Å²) >= 11 is 0. The summed E-state index contributed by atoms with van der Waals surface area (Å²) in [6, 6.07) is 18.7. The van der Waals surface area contributed by atoms with E-state index in [4.69, 9.17) is 4.74 Å². The molecule has 3 aromatic rings. The first kappa shape index (κ1) is 23.1. The number of para-hydroxylation sites is 1. The zero-order valence-corrected chi connectivity index (χ0v) is 20.0. The van der Waals surface area contributed by atoms with Crippen molar-refractivity contribution in [2.24, 2.45) is 0 Å². The number of carbonyl (C=O) groups is 2. The van der Waals surface area contributed by atoms with Gasteiger partial charge in [-0.25, -0.2) is 13.1 Å². The molecule has 3 aromatic carbocycles. The highest BCUT2D eigenvalue weighted by molar-refractivity contribution is 7.89. The van der Waals surface area contributed by atoms with Gasteiger partial charge in [0, 0.05) is 35.1 Å². The summed E-state index contributed by atoms with van der Waals surface area (Å²) in [4.78, 5) is 27.5. The lowest BCUT2D eigenvalue weighted by atomic mass is 10.1. The lowest BCUT2D eigenvalue weighted by molar-refractivity contribution is 0.0988. The van der Waals surface area contributed by atoms with E-state index in [1.54, 1.807) is 29.2 Å². The third-order valence-electron chi connectivity index (χ3n) is 6.14. The molecular weight excluding hydrogens is 466 g/mol. The fourth-order valence-corrected chi connectivity index (χ4v) is 5.62. The standard InChI is InChI=1S/C26H25N3O5S/c1-34-23-13-8-19(16-24(23)35(32,33)28-21-11-12-21)25(30)27-20-9-6-18(7-10-20)26(31)29-15-14-17-4-2-3-5-22(17)29/h2-10,13,16,21,28H,11-12,14-15H2,1H3,(H,27,30). The number of benzene rings is 3. The molecule has 1 aliphatic carbocycles. The molecule has 2 N–H and O–H groups in total. The van der Waals surface area contributed by atoms with Crippen LogP contribution >= 0.6 is 0 Å². The Labute approximate surface area is 204 Å². The zero-order valence-electron chi connectivity index (χ0n) is 19.2. The predicted molar refractivity (Wildman–Crippen MR) is 133 cm³/mol. The summed E-state index contributed by atoms with van der Waals surface area (Å²) < 4.78 is 33.3. The van der Waals surface area contributed by atoms with Gasteiger partial charge in [0.05, 0.1) is 7.11 Å². The lowest BCUT2D eigenvalue weighted by Crippen LogP contribution is -2.28. The monoisotopic (exact) mass is 491 g/mol. The Kier molecular flexibility index (Phi) is 6.04. The molecule has 9 heteroatoms. The Hall–Kier alpha value is -3.69. The topological polar surface area (TPSA) is 105 Å². The van der Waals surface area contributed by atoms with Gasteiger partial charge in [-0.3, -0.25) is 9.59 Å². The van der Waals surface area contributed by atoms with E-state index in [1.165, 1.54) is 25.3 Å². The largest absolute Gasteiger partial charge is 0.495 e. The van der Waals surface area contributed by atoms with Crippen molar-refractivity contribution in [3.63, 3.8) is 0 Å². The van der Waals surface area contributed by atoms with Gasteiger partial charge in [0.25, 0.3) is 11.8 Å². The number of amides is 2. The molecule has 0 aromatic heterocycles. The molecule has 1 heterocycles. The Bertz CT molecular complexity index is 1400. The summed E-state index contributed by atoms with van der Waals surface area (Å²) in [5.74, 6) is -0.398. The Balaban J connectivity index is 1.31. The average Bonchev–Trinajstić information content (AvgIpc) is 3.57. The predicted octanol–water partition coefficient (Wildman–Crippen LogP) is 3.59. The average molecular weight is 492 g/mol. The molecule has 0 unspecified atom stereocenters. The van der Waals surface area contributed by atoms with Crippen LogP contribution in [0.2, 0.25) is 0 Å². The van der Waals surface area contributed by atoms with Crippen molar-refractivity contribution in [2.45, 2.75) is 30.2 Å². The van der Waals surface area contributed by atoms with E-state index in [9.17, 15) is 18.0 Å².